The van der Waals surface area contributed by atoms with Gasteiger partial charge < -0.3 is 4.74 Å². The summed E-state index contributed by atoms with van der Waals surface area (Å²) in [7, 11) is 0. The number of unbranched alkanes of at least 4 members (excludes halogenated alkanes) is 1. The van der Waals surface area contributed by atoms with Crippen molar-refractivity contribution >= 4 is 0 Å². The molecule has 0 spiro atoms. The lowest BCUT2D eigenvalue weighted by molar-refractivity contribution is -0.0636. The number of benzene rings is 1. The maximum atomic E-state index is 6.61. The zero-order valence-electron chi connectivity index (χ0n) is 14.3. The minimum Gasteiger partial charge on any atom is -0.370 e. The van der Waals surface area contributed by atoms with E-state index in [1.165, 1.54) is 31.2 Å². The molecule has 2 aliphatic heterocycles. The van der Waals surface area contributed by atoms with E-state index < -0.39 is 0 Å². The van der Waals surface area contributed by atoms with Gasteiger partial charge in [-0.2, -0.15) is 0 Å². The summed E-state index contributed by atoms with van der Waals surface area (Å²) in [5.74, 6) is 2.83. The van der Waals surface area contributed by atoms with Gasteiger partial charge in [-0.05, 0) is 37.7 Å². The lowest BCUT2D eigenvalue weighted by Crippen LogP contribution is -2.45. The van der Waals surface area contributed by atoms with E-state index in [0.29, 0.717) is 18.2 Å². The summed E-state index contributed by atoms with van der Waals surface area (Å²) in [6.07, 6.45) is 14.6. The Bertz CT molecular complexity index is 506. The summed E-state index contributed by atoms with van der Waals surface area (Å²) in [4.78, 5) is 2.53. The van der Waals surface area contributed by atoms with E-state index in [1.807, 2.05) is 0 Å². The molecule has 2 heterocycles. The van der Waals surface area contributed by atoms with Crippen molar-refractivity contribution in [2.75, 3.05) is 6.54 Å². The van der Waals surface area contributed by atoms with Gasteiger partial charge >= 0.3 is 0 Å². The summed E-state index contributed by atoms with van der Waals surface area (Å²) >= 11 is 0. The molecule has 0 aromatic heterocycles. The van der Waals surface area contributed by atoms with Crippen LogP contribution in [-0.2, 0) is 4.74 Å². The molecule has 2 fully saturated rings. The molecule has 0 N–H and O–H groups in total. The Hall–Kier alpha value is -1.30. The summed E-state index contributed by atoms with van der Waals surface area (Å²) in [5.41, 5.74) is 1.33. The summed E-state index contributed by atoms with van der Waals surface area (Å²) in [5, 5.41) is 0. The molecule has 0 aliphatic carbocycles. The molecular weight excluding hydrogens is 282 g/mol. The zero-order valence-corrected chi connectivity index (χ0v) is 14.3. The van der Waals surface area contributed by atoms with Gasteiger partial charge in [0, 0.05) is 12.1 Å². The molecule has 3 rings (SSSR count). The second-order valence-corrected chi connectivity index (χ2v) is 7.03. The fourth-order valence-electron chi connectivity index (χ4n) is 4.30. The van der Waals surface area contributed by atoms with Gasteiger partial charge in [-0.1, -0.05) is 56.0 Å². The van der Waals surface area contributed by atoms with Crippen LogP contribution in [0.1, 0.15) is 63.5 Å². The molecule has 4 atom stereocenters. The van der Waals surface area contributed by atoms with E-state index in [0.717, 1.165) is 25.8 Å². The lowest BCUT2D eigenvalue weighted by Gasteiger charge is -2.39. The van der Waals surface area contributed by atoms with Crippen LogP contribution in [-0.4, -0.2) is 29.6 Å². The smallest absolute Gasteiger partial charge is 0.0828 e. The van der Waals surface area contributed by atoms with Crippen LogP contribution < -0.4 is 0 Å². The highest BCUT2D eigenvalue weighted by Gasteiger charge is 2.41. The Kier molecular flexibility index (Phi) is 5.75. The first kappa shape index (κ1) is 16.6. The van der Waals surface area contributed by atoms with Gasteiger partial charge in [-0.15, -0.1) is 6.42 Å². The predicted molar refractivity (Wildman–Crippen MR) is 95.2 cm³/mol. The van der Waals surface area contributed by atoms with Crippen LogP contribution >= 0.6 is 0 Å². The van der Waals surface area contributed by atoms with Crippen molar-refractivity contribution in [3.8, 4) is 12.3 Å². The number of hydrogen-bond acceptors (Lipinski definition) is 2. The van der Waals surface area contributed by atoms with Crippen molar-refractivity contribution in [1.82, 2.24) is 4.90 Å². The topological polar surface area (TPSA) is 12.5 Å². The van der Waals surface area contributed by atoms with Crippen LogP contribution in [0, 0.1) is 12.3 Å². The first-order chi connectivity index (χ1) is 11.3. The van der Waals surface area contributed by atoms with E-state index in [-0.39, 0.29) is 6.10 Å². The number of nitrogens with zero attached hydrogens (tertiary/aromatic N) is 1. The summed E-state index contributed by atoms with van der Waals surface area (Å²) in [6.45, 7) is 3.06. The SMILES string of the molecule is C#CCN1[C@@H]2CC[C@H]1CC(OC(CCCC)c1ccccc1)C2. The molecule has 1 aromatic rings. The maximum Gasteiger partial charge on any atom is 0.0828 e. The molecule has 2 nitrogen and oxygen atoms in total. The summed E-state index contributed by atoms with van der Waals surface area (Å²) < 4.78 is 6.61. The van der Waals surface area contributed by atoms with Gasteiger partial charge in [-0.3, -0.25) is 4.90 Å². The van der Waals surface area contributed by atoms with Crippen molar-refractivity contribution in [2.45, 2.75) is 76.2 Å². The fourth-order valence-corrected chi connectivity index (χ4v) is 4.30. The highest BCUT2D eigenvalue weighted by Crippen LogP contribution is 2.38. The number of piperidine rings is 1. The third-order valence-electron chi connectivity index (χ3n) is 5.46. The zero-order chi connectivity index (χ0) is 16.1. The minimum absolute atomic E-state index is 0.250. The molecule has 2 unspecified atom stereocenters. The third-order valence-corrected chi connectivity index (χ3v) is 5.46. The molecule has 0 amide bonds. The van der Waals surface area contributed by atoms with E-state index in [2.05, 4.69) is 48.1 Å². The molecule has 2 heteroatoms. The Morgan fingerprint density at radius 2 is 1.91 bits per heavy atom. The van der Waals surface area contributed by atoms with Gasteiger partial charge in [-0.25, -0.2) is 0 Å². The summed E-state index contributed by atoms with van der Waals surface area (Å²) in [6, 6.07) is 12.0. The standard InChI is InChI=1S/C21H29NO/c1-3-5-11-21(17-9-7-6-8-10-17)23-20-15-18-12-13-19(16-20)22(18)14-4-2/h2,6-10,18-21H,3,5,11-16H2,1H3/t18-,19+,20?,21?. The van der Waals surface area contributed by atoms with Crippen molar-refractivity contribution in [2.24, 2.45) is 0 Å². The normalized spacial score (nSPS) is 28.4. The number of ether oxygens (including phenoxy) is 1. The van der Waals surface area contributed by atoms with Crippen LogP contribution in [0.25, 0.3) is 0 Å². The highest BCUT2D eigenvalue weighted by atomic mass is 16.5. The van der Waals surface area contributed by atoms with Crippen LogP contribution in [0.15, 0.2) is 30.3 Å². The second-order valence-electron chi connectivity index (χ2n) is 7.03. The lowest BCUT2D eigenvalue weighted by atomic mass is 9.98. The van der Waals surface area contributed by atoms with Gasteiger partial charge in [0.05, 0.1) is 18.8 Å². The molecule has 124 valence electrons. The van der Waals surface area contributed by atoms with Crippen LogP contribution in [0.3, 0.4) is 0 Å². The molecular formula is C21H29NO. The van der Waals surface area contributed by atoms with E-state index in [9.17, 15) is 0 Å². The maximum absolute atomic E-state index is 6.61. The van der Waals surface area contributed by atoms with Gasteiger partial charge in [0.2, 0.25) is 0 Å². The first-order valence-corrected chi connectivity index (χ1v) is 9.21. The molecule has 0 saturated carbocycles. The average Bonchev–Trinajstić information content (AvgIpc) is 2.82. The molecule has 2 saturated heterocycles. The van der Waals surface area contributed by atoms with E-state index in [1.54, 1.807) is 0 Å². The van der Waals surface area contributed by atoms with Crippen molar-refractivity contribution < 1.29 is 4.74 Å². The fraction of sp³-hybridized carbons (Fsp3) is 0.619. The number of fused-ring (bicyclic) bond motifs is 2. The van der Waals surface area contributed by atoms with Gasteiger partial charge in [0.25, 0.3) is 0 Å². The minimum atomic E-state index is 0.250. The molecule has 2 aliphatic rings. The Morgan fingerprint density at radius 3 is 2.52 bits per heavy atom. The number of hydrogen-bond donors (Lipinski definition) is 0. The van der Waals surface area contributed by atoms with Gasteiger partial charge in [0.15, 0.2) is 0 Å². The van der Waals surface area contributed by atoms with Crippen LogP contribution in [0.2, 0.25) is 0 Å². The van der Waals surface area contributed by atoms with Crippen LogP contribution in [0.4, 0.5) is 0 Å². The number of rotatable bonds is 7. The van der Waals surface area contributed by atoms with E-state index in [4.69, 9.17) is 11.2 Å². The Balaban J connectivity index is 1.64. The van der Waals surface area contributed by atoms with Crippen molar-refractivity contribution in [1.29, 1.82) is 0 Å². The van der Waals surface area contributed by atoms with Crippen molar-refractivity contribution in [3.05, 3.63) is 35.9 Å². The Labute approximate surface area is 141 Å². The second kappa shape index (κ2) is 7.99. The largest absolute Gasteiger partial charge is 0.370 e. The van der Waals surface area contributed by atoms with Crippen LogP contribution in [0.5, 0.6) is 0 Å². The monoisotopic (exact) mass is 311 g/mol. The third kappa shape index (κ3) is 3.97. The van der Waals surface area contributed by atoms with Crippen molar-refractivity contribution in [3.63, 3.8) is 0 Å². The Morgan fingerprint density at radius 1 is 1.22 bits per heavy atom. The quantitative estimate of drug-likeness (QED) is 0.684. The molecule has 1 aromatic carbocycles. The first-order valence-electron chi connectivity index (χ1n) is 9.21. The predicted octanol–water partition coefficient (Wildman–Crippen LogP) is 4.56. The molecule has 0 radical (unpaired) electrons. The molecule has 2 bridgehead atoms. The average molecular weight is 311 g/mol. The number of terminal acetylenes is 1. The molecule has 23 heavy (non-hydrogen) atoms. The highest BCUT2D eigenvalue weighted by molar-refractivity contribution is 5.17. The van der Waals surface area contributed by atoms with E-state index >= 15 is 0 Å². The van der Waals surface area contributed by atoms with Gasteiger partial charge in [0.1, 0.15) is 0 Å².